The van der Waals surface area contributed by atoms with Crippen LogP contribution in [0.1, 0.15) is 26.3 Å². The molecule has 1 aromatic rings. The summed E-state index contributed by atoms with van der Waals surface area (Å²) in [5.41, 5.74) is 0.532. The molecule has 0 N–H and O–H groups in total. The zero-order valence-electron chi connectivity index (χ0n) is 9.17. The molecule has 0 aliphatic carbocycles. The first-order valence-electron chi connectivity index (χ1n) is 4.85. The Bertz CT molecular complexity index is 393. The number of hydrogen-bond donors (Lipinski definition) is 0. The van der Waals surface area contributed by atoms with Crippen molar-refractivity contribution < 1.29 is 4.74 Å². The predicted octanol–water partition coefficient (Wildman–Crippen LogP) is 3.49. The summed E-state index contributed by atoms with van der Waals surface area (Å²) in [7, 11) is 0. The van der Waals surface area contributed by atoms with E-state index in [1.807, 2.05) is 39.0 Å². The van der Waals surface area contributed by atoms with Crippen LogP contribution in [-0.2, 0) is 5.41 Å². The molecular weight excluding hydrogens is 301 g/mol. The highest BCUT2D eigenvalue weighted by atomic mass is 127. The molecule has 0 spiro atoms. The van der Waals surface area contributed by atoms with E-state index in [0.29, 0.717) is 6.61 Å². The Morgan fingerprint density at radius 1 is 1.47 bits per heavy atom. The van der Waals surface area contributed by atoms with Gasteiger partial charge >= 0.3 is 0 Å². The Kier molecular flexibility index (Phi) is 3.97. The fourth-order valence-corrected chi connectivity index (χ4v) is 1.71. The predicted molar refractivity (Wildman–Crippen MR) is 69.0 cm³/mol. The van der Waals surface area contributed by atoms with Gasteiger partial charge in [-0.15, -0.1) is 0 Å². The number of hydrogen-bond acceptors (Lipinski definition) is 2. The third-order valence-corrected chi connectivity index (χ3v) is 3.12. The molecule has 0 saturated carbocycles. The van der Waals surface area contributed by atoms with Crippen molar-refractivity contribution in [3.63, 3.8) is 0 Å². The van der Waals surface area contributed by atoms with Crippen molar-refractivity contribution in [2.75, 3.05) is 6.61 Å². The van der Waals surface area contributed by atoms with Crippen molar-refractivity contribution >= 4 is 22.6 Å². The van der Waals surface area contributed by atoms with Gasteiger partial charge in [-0.05, 0) is 61.1 Å². The van der Waals surface area contributed by atoms with Crippen molar-refractivity contribution in [1.82, 2.24) is 0 Å². The molecule has 0 aliphatic rings. The minimum absolute atomic E-state index is 0.462. The second kappa shape index (κ2) is 4.84. The van der Waals surface area contributed by atoms with Crippen molar-refractivity contribution in [1.29, 1.82) is 5.26 Å². The number of ether oxygens (including phenoxy) is 1. The van der Waals surface area contributed by atoms with E-state index < -0.39 is 5.41 Å². The third kappa shape index (κ3) is 2.85. The zero-order valence-corrected chi connectivity index (χ0v) is 11.3. The summed E-state index contributed by atoms with van der Waals surface area (Å²) in [6.45, 7) is 6.42. The number of nitriles is 1. The molecular formula is C12H14INO. The molecule has 0 bridgehead atoms. The molecule has 15 heavy (non-hydrogen) atoms. The normalized spacial score (nSPS) is 10.9. The van der Waals surface area contributed by atoms with Gasteiger partial charge in [0, 0.05) is 0 Å². The van der Waals surface area contributed by atoms with Crippen LogP contribution in [0, 0.1) is 14.9 Å². The van der Waals surface area contributed by atoms with E-state index in [4.69, 9.17) is 10.00 Å². The SMILES string of the molecule is CCOc1cc(C(C)(C)C#N)ccc1I. The van der Waals surface area contributed by atoms with E-state index in [1.54, 1.807) is 0 Å². The highest BCUT2D eigenvalue weighted by molar-refractivity contribution is 14.1. The number of rotatable bonds is 3. The number of benzene rings is 1. The molecule has 0 heterocycles. The molecule has 0 aromatic heterocycles. The quantitative estimate of drug-likeness (QED) is 0.800. The fourth-order valence-electron chi connectivity index (χ4n) is 1.22. The number of halogens is 1. The highest BCUT2D eigenvalue weighted by Crippen LogP contribution is 2.29. The fraction of sp³-hybridized carbons (Fsp3) is 0.417. The first-order chi connectivity index (χ1) is 7.01. The van der Waals surface area contributed by atoms with Gasteiger partial charge in [0.15, 0.2) is 0 Å². The van der Waals surface area contributed by atoms with Crippen molar-refractivity contribution in [3.8, 4) is 11.8 Å². The molecule has 0 atom stereocenters. The van der Waals surface area contributed by atoms with E-state index in [0.717, 1.165) is 14.9 Å². The van der Waals surface area contributed by atoms with Crippen molar-refractivity contribution in [2.24, 2.45) is 0 Å². The van der Waals surface area contributed by atoms with E-state index in [1.165, 1.54) is 0 Å². The van der Waals surface area contributed by atoms with E-state index in [2.05, 4.69) is 28.7 Å². The van der Waals surface area contributed by atoms with E-state index in [9.17, 15) is 0 Å². The monoisotopic (exact) mass is 315 g/mol. The first kappa shape index (κ1) is 12.3. The number of nitrogens with zero attached hydrogens (tertiary/aromatic N) is 1. The van der Waals surface area contributed by atoms with Crippen LogP contribution in [0.5, 0.6) is 5.75 Å². The van der Waals surface area contributed by atoms with Gasteiger partial charge in [0.25, 0.3) is 0 Å². The lowest BCUT2D eigenvalue weighted by molar-refractivity contribution is 0.337. The molecule has 80 valence electrons. The summed E-state index contributed by atoms with van der Waals surface area (Å²) in [6.07, 6.45) is 0. The molecule has 0 unspecified atom stereocenters. The van der Waals surface area contributed by atoms with Gasteiger partial charge in [0.2, 0.25) is 0 Å². The molecule has 0 radical (unpaired) electrons. The van der Waals surface area contributed by atoms with Crippen LogP contribution in [0.15, 0.2) is 18.2 Å². The average Bonchev–Trinajstić information content (AvgIpc) is 2.21. The van der Waals surface area contributed by atoms with Gasteiger partial charge in [-0.2, -0.15) is 5.26 Å². The van der Waals surface area contributed by atoms with Crippen LogP contribution in [0.4, 0.5) is 0 Å². The van der Waals surface area contributed by atoms with E-state index in [-0.39, 0.29) is 0 Å². The Morgan fingerprint density at radius 3 is 2.67 bits per heavy atom. The highest BCUT2D eigenvalue weighted by Gasteiger charge is 2.20. The summed E-state index contributed by atoms with van der Waals surface area (Å²) in [5.74, 6) is 0.860. The smallest absolute Gasteiger partial charge is 0.132 e. The van der Waals surface area contributed by atoms with Crippen LogP contribution < -0.4 is 4.74 Å². The molecule has 3 heteroatoms. The lowest BCUT2D eigenvalue weighted by Gasteiger charge is -2.17. The maximum atomic E-state index is 9.04. The molecule has 2 nitrogen and oxygen atoms in total. The molecule has 0 saturated heterocycles. The van der Waals surface area contributed by atoms with Crippen LogP contribution in [0.25, 0.3) is 0 Å². The minimum Gasteiger partial charge on any atom is -0.493 e. The summed E-state index contributed by atoms with van der Waals surface area (Å²) < 4.78 is 6.58. The first-order valence-corrected chi connectivity index (χ1v) is 5.93. The maximum Gasteiger partial charge on any atom is 0.132 e. The van der Waals surface area contributed by atoms with Gasteiger partial charge in [-0.25, -0.2) is 0 Å². The molecule has 0 amide bonds. The molecule has 1 aromatic carbocycles. The largest absolute Gasteiger partial charge is 0.493 e. The summed E-state index contributed by atoms with van der Waals surface area (Å²) >= 11 is 2.23. The topological polar surface area (TPSA) is 33.0 Å². The van der Waals surface area contributed by atoms with Gasteiger partial charge in [-0.1, -0.05) is 6.07 Å². The Labute approximate surface area is 104 Å². The molecule has 1 rings (SSSR count). The van der Waals surface area contributed by atoms with Crippen LogP contribution in [0.3, 0.4) is 0 Å². The van der Waals surface area contributed by atoms with Crippen molar-refractivity contribution in [3.05, 3.63) is 27.3 Å². The van der Waals surface area contributed by atoms with Crippen LogP contribution in [-0.4, -0.2) is 6.61 Å². The Balaban J connectivity index is 3.14. The Hall–Kier alpha value is -0.760. The zero-order chi connectivity index (χ0) is 11.5. The summed E-state index contributed by atoms with van der Waals surface area (Å²) in [5, 5.41) is 9.04. The van der Waals surface area contributed by atoms with Gasteiger partial charge in [0.05, 0.1) is 21.7 Å². The Morgan fingerprint density at radius 2 is 2.13 bits per heavy atom. The molecule has 0 aliphatic heterocycles. The average molecular weight is 315 g/mol. The second-order valence-corrected chi connectivity index (χ2v) is 4.98. The third-order valence-electron chi connectivity index (χ3n) is 2.23. The second-order valence-electron chi connectivity index (χ2n) is 3.82. The summed E-state index contributed by atoms with van der Waals surface area (Å²) in [6, 6.07) is 8.21. The van der Waals surface area contributed by atoms with E-state index >= 15 is 0 Å². The maximum absolute atomic E-state index is 9.04. The van der Waals surface area contributed by atoms with Gasteiger partial charge in [-0.3, -0.25) is 0 Å². The van der Waals surface area contributed by atoms with Gasteiger partial charge < -0.3 is 4.74 Å². The lowest BCUT2D eigenvalue weighted by Crippen LogP contribution is -2.14. The van der Waals surface area contributed by atoms with Crippen LogP contribution in [0.2, 0.25) is 0 Å². The van der Waals surface area contributed by atoms with Crippen molar-refractivity contribution in [2.45, 2.75) is 26.2 Å². The lowest BCUT2D eigenvalue weighted by atomic mass is 9.86. The van der Waals surface area contributed by atoms with Crippen LogP contribution >= 0.6 is 22.6 Å². The minimum atomic E-state index is -0.462. The van der Waals surface area contributed by atoms with Gasteiger partial charge in [0.1, 0.15) is 5.75 Å². The standard InChI is InChI=1S/C12H14INO/c1-4-15-11-7-9(5-6-10(11)13)12(2,3)8-14/h5-7H,4H2,1-3H3. The molecule has 0 fully saturated rings. The summed E-state index contributed by atoms with van der Waals surface area (Å²) in [4.78, 5) is 0.